The van der Waals surface area contributed by atoms with Crippen LogP contribution in [0.4, 0.5) is 4.79 Å². The molecular weight excluding hydrogens is 466 g/mol. The average molecular weight is 490 g/mol. The number of aromatic nitrogens is 1. The van der Waals surface area contributed by atoms with Gasteiger partial charge in [0.15, 0.2) is 0 Å². The lowest BCUT2D eigenvalue weighted by Crippen LogP contribution is -2.37. The van der Waals surface area contributed by atoms with Crippen molar-refractivity contribution in [3.8, 4) is 23.5 Å². The molecule has 0 aliphatic heterocycles. The number of carbonyl (C=O) groups excluding carboxylic acids is 2. The van der Waals surface area contributed by atoms with E-state index in [9.17, 15) is 14.4 Å². The van der Waals surface area contributed by atoms with Gasteiger partial charge in [0.1, 0.15) is 18.2 Å². The third-order valence-corrected chi connectivity index (χ3v) is 6.52. The van der Waals surface area contributed by atoms with Crippen LogP contribution in [-0.2, 0) is 27.3 Å². The maximum Gasteiger partial charge on any atom is 0.407 e. The minimum Gasteiger partial charge on any atom is -0.480 e. The van der Waals surface area contributed by atoms with Gasteiger partial charge in [-0.1, -0.05) is 54.5 Å². The van der Waals surface area contributed by atoms with Gasteiger partial charge in [-0.2, -0.15) is 0 Å². The van der Waals surface area contributed by atoms with E-state index in [0.29, 0.717) is 10.7 Å². The van der Waals surface area contributed by atoms with Gasteiger partial charge in [-0.05, 0) is 22.3 Å². The van der Waals surface area contributed by atoms with Crippen molar-refractivity contribution in [3.05, 3.63) is 75.7 Å². The van der Waals surface area contributed by atoms with E-state index in [1.165, 1.54) is 11.3 Å². The highest BCUT2D eigenvalue weighted by Crippen LogP contribution is 2.44. The van der Waals surface area contributed by atoms with Gasteiger partial charge in [0.25, 0.3) is 0 Å². The van der Waals surface area contributed by atoms with E-state index in [1.54, 1.807) is 5.38 Å². The number of terminal acetylenes is 1. The number of aliphatic carboxylic acids is 1. The molecule has 1 heterocycles. The van der Waals surface area contributed by atoms with Crippen molar-refractivity contribution in [2.45, 2.75) is 18.9 Å². The molecule has 2 amide bonds. The minimum absolute atomic E-state index is 0.0256. The Kier molecular flexibility index (Phi) is 7.43. The number of rotatable bonds is 9. The summed E-state index contributed by atoms with van der Waals surface area (Å²) in [6.07, 6.45) is 4.59. The monoisotopic (exact) mass is 489 g/mol. The molecule has 0 atom stereocenters. The van der Waals surface area contributed by atoms with Crippen molar-refractivity contribution in [2.24, 2.45) is 0 Å². The van der Waals surface area contributed by atoms with E-state index in [4.69, 9.17) is 16.3 Å². The van der Waals surface area contributed by atoms with Crippen LogP contribution in [0.1, 0.15) is 27.7 Å². The number of ether oxygens (including phenoxy) is 1. The van der Waals surface area contributed by atoms with Crippen LogP contribution in [0.2, 0.25) is 0 Å². The van der Waals surface area contributed by atoms with Crippen LogP contribution in [-0.4, -0.2) is 52.7 Å². The van der Waals surface area contributed by atoms with E-state index < -0.39 is 24.5 Å². The lowest BCUT2D eigenvalue weighted by molar-refractivity contribution is -0.143. The first kappa shape index (κ1) is 24.0. The molecule has 0 unspecified atom stereocenters. The van der Waals surface area contributed by atoms with E-state index >= 15 is 0 Å². The van der Waals surface area contributed by atoms with Gasteiger partial charge >= 0.3 is 12.1 Å². The number of hydrogen-bond donors (Lipinski definition) is 2. The van der Waals surface area contributed by atoms with Gasteiger partial charge in [-0.25, -0.2) is 9.78 Å². The van der Waals surface area contributed by atoms with Crippen molar-refractivity contribution >= 4 is 29.3 Å². The first-order valence-electron chi connectivity index (χ1n) is 10.9. The van der Waals surface area contributed by atoms with Gasteiger partial charge in [0.05, 0.1) is 25.2 Å². The fourth-order valence-corrected chi connectivity index (χ4v) is 4.81. The molecule has 0 fully saturated rings. The summed E-state index contributed by atoms with van der Waals surface area (Å²) >= 11 is 1.29. The lowest BCUT2D eigenvalue weighted by atomic mass is 9.98. The maximum absolute atomic E-state index is 12.4. The van der Waals surface area contributed by atoms with E-state index in [-0.39, 0.29) is 32.0 Å². The number of carbonyl (C=O) groups is 3. The Balaban J connectivity index is 1.29. The van der Waals surface area contributed by atoms with Gasteiger partial charge in [-0.15, -0.1) is 17.8 Å². The summed E-state index contributed by atoms with van der Waals surface area (Å²) in [5.74, 6) is 0.695. The third-order valence-electron chi connectivity index (χ3n) is 5.62. The molecule has 8 nitrogen and oxygen atoms in total. The third kappa shape index (κ3) is 5.67. The van der Waals surface area contributed by atoms with E-state index in [0.717, 1.165) is 27.2 Å². The Bertz CT molecular complexity index is 1250. The van der Waals surface area contributed by atoms with Crippen molar-refractivity contribution < 1.29 is 24.2 Å². The molecular formula is C26H23N3O5S. The van der Waals surface area contributed by atoms with Crippen LogP contribution in [0, 0.1) is 12.3 Å². The van der Waals surface area contributed by atoms with Crippen LogP contribution >= 0.6 is 11.3 Å². The van der Waals surface area contributed by atoms with Crippen molar-refractivity contribution in [2.75, 3.05) is 19.7 Å². The number of amides is 2. The lowest BCUT2D eigenvalue weighted by Gasteiger charge is -2.17. The molecule has 0 spiro atoms. The molecule has 178 valence electrons. The SMILES string of the molecule is C#CCN(CC(=O)O)C(=O)Cc1csc(CNC(=O)OCC2c3ccccc3-c3ccccc32)n1. The highest BCUT2D eigenvalue weighted by atomic mass is 32.1. The summed E-state index contributed by atoms with van der Waals surface area (Å²) in [4.78, 5) is 41.0. The van der Waals surface area contributed by atoms with Crippen molar-refractivity contribution in [1.29, 1.82) is 0 Å². The zero-order valence-corrected chi connectivity index (χ0v) is 19.6. The van der Waals surface area contributed by atoms with Crippen LogP contribution in [0.15, 0.2) is 53.9 Å². The molecule has 0 saturated heterocycles. The first-order chi connectivity index (χ1) is 17.0. The summed E-state index contributed by atoms with van der Waals surface area (Å²) < 4.78 is 5.52. The summed E-state index contributed by atoms with van der Waals surface area (Å²) in [6, 6.07) is 16.2. The number of fused-ring (bicyclic) bond motifs is 3. The Morgan fingerprint density at radius 3 is 2.40 bits per heavy atom. The molecule has 2 aromatic carbocycles. The molecule has 0 bridgehead atoms. The molecule has 1 aromatic heterocycles. The van der Waals surface area contributed by atoms with Crippen molar-refractivity contribution in [3.63, 3.8) is 0 Å². The quantitative estimate of drug-likeness (QED) is 0.447. The predicted octanol–water partition coefficient (Wildman–Crippen LogP) is 3.27. The Morgan fingerprint density at radius 2 is 1.77 bits per heavy atom. The number of nitrogens with zero attached hydrogens (tertiary/aromatic N) is 2. The standard InChI is InChI=1S/C26H23N3O5S/c1-2-11-29(14-25(31)32)24(30)12-17-16-35-23(28-17)13-27-26(33)34-15-22-20-9-5-3-7-18(20)19-8-4-6-10-21(19)22/h1,3-10,16,22H,11-15H2,(H,27,33)(H,31,32). The molecule has 0 radical (unpaired) electrons. The minimum atomic E-state index is -1.14. The molecule has 9 heteroatoms. The summed E-state index contributed by atoms with van der Waals surface area (Å²) in [7, 11) is 0. The Labute approximate surface area is 206 Å². The second kappa shape index (κ2) is 10.8. The molecule has 0 saturated carbocycles. The van der Waals surface area contributed by atoms with Crippen LogP contribution in [0.25, 0.3) is 11.1 Å². The smallest absolute Gasteiger partial charge is 0.407 e. The predicted molar refractivity (Wildman–Crippen MR) is 131 cm³/mol. The molecule has 2 N–H and O–H groups in total. The number of carboxylic acids is 1. The molecule has 1 aliphatic rings. The fraction of sp³-hybridized carbons (Fsp3) is 0.231. The largest absolute Gasteiger partial charge is 0.480 e. The zero-order valence-electron chi connectivity index (χ0n) is 18.8. The normalized spacial score (nSPS) is 11.7. The average Bonchev–Trinajstić information content (AvgIpc) is 3.43. The number of nitrogens with one attached hydrogen (secondary N) is 1. The second-order valence-electron chi connectivity index (χ2n) is 7.94. The number of alkyl carbamates (subject to hydrolysis) is 1. The number of thiazole rings is 1. The van der Waals surface area contributed by atoms with Gasteiger partial charge in [0.2, 0.25) is 5.91 Å². The summed E-state index contributed by atoms with van der Waals surface area (Å²) in [5.41, 5.74) is 5.07. The Hall–Kier alpha value is -4.16. The Morgan fingerprint density at radius 1 is 1.11 bits per heavy atom. The van der Waals surface area contributed by atoms with Crippen LogP contribution in [0.3, 0.4) is 0 Å². The number of hydrogen-bond acceptors (Lipinski definition) is 6. The highest BCUT2D eigenvalue weighted by Gasteiger charge is 2.29. The second-order valence-corrected chi connectivity index (χ2v) is 8.88. The van der Waals surface area contributed by atoms with Gasteiger partial charge < -0.3 is 20.1 Å². The zero-order chi connectivity index (χ0) is 24.8. The van der Waals surface area contributed by atoms with Crippen LogP contribution in [0.5, 0.6) is 0 Å². The molecule has 4 rings (SSSR count). The first-order valence-corrected chi connectivity index (χ1v) is 11.8. The fourth-order valence-electron chi connectivity index (χ4n) is 4.08. The van der Waals surface area contributed by atoms with Gasteiger partial charge in [0, 0.05) is 11.3 Å². The highest BCUT2D eigenvalue weighted by molar-refractivity contribution is 7.09. The number of carboxylic acid groups (broad SMARTS) is 1. The summed E-state index contributed by atoms with van der Waals surface area (Å²) in [6.45, 7) is -0.195. The molecule has 1 aliphatic carbocycles. The number of benzene rings is 2. The summed E-state index contributed by atoms with van der Waals surface area (Å²) in [5, 5.41) is 13.9. The topological polar surface area (TPSA) is 109 Å². The van der Waals surface area contributed by atoms with Gasteiger partial charge in [-0.3, -0.25) is 9.59 Å². The van der Waals surface area contributed by atoms with Crippen LogP contribution < -0.4 is 5.32 Å². The molecule has 35 heavy (non-hydrogen) atoms. The maximum atomic E-state index is 12.4. The molecule has 3 aromatic rings. The van der Waals surface area contributed by atoms with Crippen molar-refractivity contribution in [1.82, 2.24) is 15.2 Å². The van der Waals surface area contributed by atoms with E-state index in [1.807, 2.05) is 24.3 Å². The van der Waals surface area contributed by atoms with E-state index in [2.05, 4.69) is 40.5 Å².